The number of rotatable bonds is 5. The molecule has 1 aromatic carbocycles. The maximum atomic E-state index is 13.0. The number of amides is 3. The van der Waals surface area contributed by atoms with E-state index in [-0.39, 0.29) is 22.5 Å². The fourth-order valence-electron chi connectivity index (χ4n) is 4.02. The van der Waals surface area contributed by atoms with E-state index < -0.39 is 29.9 Å². The van der Waals surface area contributed by atoms with Crippen molar-refractivity contribution >= 4 is 52.5 Å². The highest BCUT2D eigenvalue weighted by Gasteiger charge is 2.37. The van der Waals surface area contributed by atoms with Crippen LogP contribution in [-0.2, 0) is 20.9 Å². The van der Waals surface area contributed by atoms with Crippen molar-refractivity contribution in [2.45, 2.75) is 52.1 Å². The molecule has 2 aliphatic heterocycles. The summed E-state index contributed by atoms with van der Waals surface area (Å²) in [6.07, 6.45) is -1.83. The molecule has 1 saturated heterocycles. The Balaban J connectivity index is 1.58. The fraction of sp³-hybridized carbons (Fsp3) is 0.542. The van der Waals surface area contributed by atoms with Gasteiger partial charge in [-0.25, -0.2) is 4.79 Å². The second kappa shape index (κ2) is 10.7. The van der Waals surface area contributed by atoms with Gasteiger partial charge in [0.15, 0.2) is 6.23 Å². The molecule has 0 bridgehead atoms. The van der Waals surface area contributed by atoms with E-state index in [4.69, 9.17) is 33.7 Å². The van der Waals surface area contributed by atoms with E-state index in [0.29, 0.717) is 37.4 Å². The van der Waals surface area contributed by atoms with Gasteiger partial charge in [-0.15, -0.1) is 0 Å². The number of benzene rings is 1. The Morgan fingerprint density at radius 2 is 1.83 bits per heavy atom. The van der Waals surface area contributed by atoms with Gasteiger partial charge in [0, 0.05) is 39.8 Å². The molecule has 0 saturated carbocycles. The number of piperazine rings is 1. The maximum Gasteiger partial charge on any atom is 0.410 e. The van der Waals surface area contributed by atoms with Crippen molar-refractivity contribution in [1.82, 2.24) is 14.7 Å². The van der Waals surface area contributed by atoms with Crippen molar-refractivity contribution < 1.29 is 24.2 Å². The van der Waals surface area contributed by atoms with Crippen molar-refractivity contribution in [3.63, 3.8) is 0 Å². The van der Waals surface area contributed by atoms with Gasteiger partial charge in [0.1, 0.15) is 16.7 Å². The summed E-state index contributed by atoms with van der Waals surface area (Å²) in [7, 11) is 1.56. The zero-order valence-corrected chi connectivity index (χ0v) is 22.6. The molecule has 12 heteroatoms. The monoisotopic (exact) mass is 541 g/mol. The number of nitrogens with zero attached hydrogens (tertiary/aromatic N) is 4. The number of aliphatic hydroxyl groups excluding tert-OH is 1. The molecule has 36 heavy (non-hydrogen) atoms. The molecule has 198 valence electrons. The average Bonchev–Trinajstić information content (AvgIpc) is 2.99. The molecule has 0 aliphatic carbocycles. The van der Waals surface area contributed by atoms with Crippen LogP contribution in [0.5, 0.6) is 0 Å². The van der Waals surface area contributed by atoms with Gasteiger partial charge in [-0.05, 0) is 45.4 Å². The first-order valence-corrected chi connectivity index (χ1v) is 12.4. The highest BCUT2D eigenvalue weighted by molar-refractivity contribution is 6.49. The van der Waals surface area contributed by atoms with Crippen LogP contribution >= 0.6 is 23.2 Å². The Morgan fingerprint density at radius 3 is 2.33 bits per heavy atom. The summed E-state index contributed by atoms with van der Waals surface area (Å²) in [6.45, 7) is 9.21. The van der Waals surface area contributed by atoms with Gasteiger partial charge in [-0.2, -0.15) is 0 Å². The lowest BCUT2D eigenvalue weighted by Crippen LogP contribution is -2.55. The van der Waals surface area contributed by atoms with Gasteiger partial charge in [0.25, 0.3) is 5.91 Å². The molecule has 0 aromatic heterocycles. The molecule has 3 amide bonds. The lowest BCUT2D eigenvalue weighted by atomic mass is 10.1. The lowest BCUT2D eigenvalue weighted by Gasteiger charge is -2.39. The van der Waals surface area contributed by atoms with E-state index in [0.717, 1.165) is 5.69 Å². The molecule has 1 fully saturated rings. The van der Waals surface area contributed by atoms with Crippen LogP contribution in [0.1, 0.15) is 33.3 Å². The van der Waals surface area contributed by atoms with Crippen molar-refractivity contribution in [2.24, 2.45) is 0 Å². The predicted octanol–water partition coefficient (Wildman–Crippen LogP) is 2.52. The Bertz CT molecular complexity index is 1070. The van der Waals surface area contributed by atoms with Crippen LogP contribution in [0.2, 0.25) is 0 Å². The van der Waals surface area contributed by atoms with Gasteiger partial charge in [-0.1, -0.05) is 29.3 Å². The third kappa shape index (κ3) is 5.99. The second-order valence-corrected chi connectivity index (χ2v) is 10.7. The van der Waals surface area contributed by atoms with E-state index in [1.807, 2.05) is 12.1 Å². The third-order valence-electron chi connectivity index (χ3n) is 6.18. The van der Waals surface area contributed by atoms with E-state index >= 15 is 0 Å². The average molecular weight is 542 g/mol. The highest BCUT2D eigenvalue weighted by Crippen LogP contribution is 2.32. The topological polar surface area (TPSA) is 120 Å². The van der Waals surface area contributed by atoms with Crippen LogP contribution in [-0.4, -0.2) is 88.8 Å². The normalized spacial score (nSPS) is 19.6. The number of aliphatic hydroxyl groups is 1. The van der Waals surface area contributed by atoms with E-state index in [2.05, 4.69) is 4.90 Å². The standard InChI is InChI=1S/C24H33Cl2N5O5/c1-14(28(5)23(35)36-24(2,3)4)20(32)30-10-8-29(9-11-30)17-7-6-15(12-16(17)27)13-31-21(33)18(25)19(26)22(31)34/h6-7,12,14,21,33H,8-11,13,27H2,1-5H3/t14-,21?/m0/s1. The first kappa shape index (κ1) is 27.9. The summed E-state index contributed by atoms with van der Waals surface area (Å²) in [5, 5.41) is 9.86. The SMILES string of the molecule is C[C@@H](C(=O)N1CCN(c2ccc(CN3C(=O)C(Cl)=C(Cl)C3O)cc2N)CC1)N(C)C(=O)OC(C)(C)C. The first-order valence-electron chi connectivity index (χ1n) is 11.6. The number of carbonyl (C=O) groups is 3. The number of nitrogen functional groups attached to an aromatic ring is 1. The molecular weight excluding hydrogens is 509 g/mol. The number of ether oxygens (including phenoxy) is 1. The largest absolute Gasteiger partial charge is 0.444 e. The summed E-state index contributed by atoms with van der Waals surface area (Å²) < 4.78 is 5.36. The van der Waals surface area contributed by atoms with Gasteiger partial charge in [-0.3, -0.25) is 14.5 Å². The molecule has 2 aliphatic rings. The molecule has 2 atom stereocenters. The highest BCUT2D eigenvalue weighted by atomic mass is 35.5. The van der Waals surface area contributed by atoms with Crippen LogP contribution in [0.15, 0.2) is 28.3 Å². The summed E-state index contributed by atoms with van der Waals surface area (Å²) in [5.41, 5.74) is 7.70. The summed E-state index contributed by atoms with van der Waals surface area (Å²) >= 11 is 11.7. The van der Waals surface area contributed by atoms with Gasteiger partial charge >= 0.3 is 6.09 Å². The number of halogens is 2. The van der Waals surface area contributed by atoms with Crippen LogP contribution in [0.25, 0.3) is 0 Å². The van der Waals surface area contributed by atoms with Crippen LogP contribution in [0.3, 0.4) is 0 Å². The van der Waals surface area contributed by atoms with Crippen molar-refractivity contribution in [3.05, 3.63) is 33.8 Å². The Hall–Kier alpha value is -2.69. The molecule has 2 heterocycles. The Labute approximate surface area is 221 Å². The van der Waals surface area contributed by atoms with Crippen LogP contribution < -0.4 is 10.6 Å². The number of likely N-dealkylation sites (N-methyl/N-ethyl adjacent to an activating group) is 1. The minimum Gasteiger partial charge on any atom is -0.444 e. The summed E-state index contributed by atoms with van der Waals surface area (Å²) in [4.78, 5) is 43.8. The molecule has 1 aromatic rings. The number of carbonyl (C=O) groups excluding carboxylic acids is 3. The summed E-state index contributed by atoms with van der Waals surface area (Å²) in [6, 6.07) is 4.76. The zero-order chi connectivity index (χ0) is 26.9. The molecule has 3 rings (SSSR count). The van der Waals surface area contributed by atoms with Gasteiger partial charge < -0.3 is 30.3 Å². The van der Waals surface area contributed by atoms with Crippen LogP contribution in [0, 0.1) is 0 Å². The van der Waals surface area contributed by atoms with Crippen molar-refractivity contribution in [2.75, 3.05) is 43.9 Å². The Morgan fingerprint density at radius 1 is 1.22 bits per heavy atom. The fourth-order valence-corrected chi connectivity index (χ4v) is 4.43. The zero-order valence-electron chi connectivity index (χ0n) is 21.1. The van der Waals surface area contributed by atoms with Crippen molar-refractivity contribution in [1.29, 1.82) is 0 Å². The minimum atomic E-state index is -1.28. The summed E-state index contributed by atoms with van der Waals surface area (Å²) in [5.74, 6) is -0.685. The van der Waals surface area contributed by atoms with E-state index in [1.54, 1.807) is 45.7 Å². The Kier molecular flexibility index (Phi) is 8.32. The van der Waals surface area contributed by atoms with E-state index in [1.165, 1.54) is 9.80 Å². The lowest BCUT2D eigenvalue weighted by molar-refractivity contribution is -0.136. The molecule has 0 spiro atoms. The number of anilines is 2. The van der Waals surface area contributed by atoms with Crippen molar-refractivity contribution in [3.8, 4) is 0 Å². The first-order chi connectivity index (χ1) is 16.7. The molecule has 0 radical (unpaired) electrons. The molecule has 10 nitrogen and oxygen atoms in total. The molecule has 1 unspecified atom stereocenters. The number of nitrogens with two attached hydrogens (primary N) is 1. The predicted molar refractivity (Wildman–Crippen MR) is 138 cm³/mol. The molecular formula is C24H33Cl2N5O5. The van der Waals surface area contributed by atoms with E-state index in [9.17, 15) is 19.5 Å². The third-order valence-corrected chi connectivity index (χ3v) is 7.02. The number of hydrogen-bond donors (Lipinski definition) is 2. The quantitative estimate of drug-likeness (QED) is 0.549. The number of hydrogen-bond acceptors (Lipinski definition) is 7. The second-order valence-electron chi connectivity index (χ2n) is 9.94. The smallest absolute Gasteiger partial charge is 0.410 e. The maximum absolute atomic E-state index is 13.0. The molecule has 3 N–H and O–H groups in total. The van der Waals surface area contributed by atoms with Gasteiger partial charge in [0.2, 0.25) is 5.91 Å². The van der Waals surface area contributed by atoms with Gasteiger partial charge in [0.05, 0.1) is 16.4 Å². The van der Waals surface area contributed by atoms with Crippen LogP contribution in [0.4, 0.5) is 16.2 Å². The minimum absolute atomic E-state index is 0.0923.